The van der Waals surface area contributed by atoms with Crippen molar-refractivity contribution < 1.29 is 45.3 Å². The Morgan fingerprint density at radius 3 is 2.49 bits per heavy atom. The number of hydrogen-bond acceptors (Lipinski definition) is 10. The number of carbonyl (C=O) groups excluding carboxylic acids is 1. The monoisotopic (exact) mass is 665 g/mol. The summed E-state index contributed by atoms with van der Waals surface area (Å²) < 4.78 is 6.21. The zero-order chi connectivity index (χ0) is 34.5. The number of aliphatic hydroxyl groups excluding tert-OH is 5. The van der Waals surface area contributed by atoms with Crippen molar-refractivity contribution in [1.82, 2.24) is 0 Å². The van der Waals surface area contributed by atoms with E-state index >= 15 is 0 Å². The van der Waals surface area contributed by atoms with Gasteiger partial charge in [0.25, 0.3) is 0 Å². The van der Waals surface area contributed by atoms with Gasteiger partial charge in [-0.2, -0.15) is 0 Å². The molecule has 270 valence electrons. The van der Waals surface area contributed by atoms with Gasteiger partial charge in [0.05, 0.1) is 54.5 Å². The Morgan fingerprint density at radius 1 is 1.11 bits per heavy atom. The van der Waals surface area contributed by atoms with Crippen molar-refractivity contribution in [3.63, 3.8) is 0 Å². The van der Waals surface area contributed by atoms with Crippen molar-refractivity contribution in [2.75, 3.05) is 19.8 Å². The van der Waals surface area contributed by atoms with Gasteiger partial charge in [-0.05, 0) is 94.3 Å². The number of ketones is 1. The van der Waals surface area contributed by atoms with Gasteiger partial charge in [-0.1, -0.05) is 46.5 Å². The molecule has 0 spiro atoms. The highest BCUT2D eigenvalue weighted by atomic mass is 16.5. The maximum Gasteiger partial charge on any atom is 0.180 e. The van der Waals surface area contributed by atoms with Gasteiger partial charge < -0.3 is 40.5 Å². The molecule has 4 saturated carbocycles. The van der Waals surface area contributed by atoms with Crippen LogP contribution in [0.5, 0.6) is 0 Å². The van der Waals surface area contributed by atoms with Crippen molar-refractivity contribution in [1.29, 1.82) is 0 Å². The molecule has 5 aliphatic rings. The molecule has 0 amide bonds. The molecule has 7 N–H and O–H groups in total. The minimum absolute atomic E-state index is 0.0155. The summed E-state index contributed by atoms with van der Waals surface area (Å²) in [6.45, 7) is 9.79. The summed E-state index contributed by atoms with van der Waals surface area (Å²) in [4.78, 5) is 19.0. The third kappa shape index (κ3) is 6.08. The second-order valence-electron chi connectivity index (χ2n) is 16.8. The van der Waals surface area contributed by atoms with Gasteiger partial charge in [0, 0.05) is 23.9 Å². The van der Waals surface area contributed by atoms with Crippen LogP contribution in [0.15, 0.2) is 4.99 Å². The molecule has 4 aliphatic carbocycles. The number of carbonyl (C=O) groups is 1. The molecule has 0 bridgehead atoms. The summed E-state index contributed by atoms with van der Waals surface area (Å²) >= 11 is 0. The van der Waals surface area contributed by atoms with Crippen LogP contribution < -0.4 is 0 Å². The molecule has 5 rings (SSSR count). The predicted molar refractivity (Wildman–Crippen MR) is 178 cm³/mol. The number of hydrogen-bond donors (Lipinski definition) is 7. The molecule has 1 aliphatic heterocycles. The Balaban J connectivity index is 1.50. The van der Waals surface area contributed by atoms with E-state index in [1.807, 2.05) is 6.92 Å². The average Bonchev–Trinajstić information content (AvgIpc) is 3.53. The highest BCUT2D eigenvalue weighted by Crippen LogP contribution is 2.70. The molecule has 47 heavy (non-hydrogen) atoms. The Morgan fingerprint density at radius 2 is 1.83 bits per heavy atom. The molecule has 10 nitrogen and oxygen atoms in total. The molecule has 10 heteroatoms. The predicted octanol–water partition coefficient (Wildman–Crippen LogP) is 2.80. The minimum Gasteiger partial charge on any atom is -0.396 e. The standard InChI is InChI=1S/C37H63NO9/c1-6-7-8-9-10-23-20-47-32(22(23)3)33(44)35(5,45)28-12-14-37(46)29-24(11-13-36(28,37)15-16-39)34(4)18-27(42)26(41)17-25(34)31(43)30(29)38-19-21(2)40/h21-29,32-33,39-42,44-46H,6-20H2,1-5H3/t21-,22-,23+,24-,25-,26+,27-,28+,29-,32+,33+,34+,35+,36-,37+/m0/s1. The summed E-state index contributed by atoms with van der Waals surface area (Å²) in [7, 11) is 0. The summed E-state index contributed by atoms with van der Waals surface area (Å²) in [5.41, 5.74) is -4.72. The first-order valence-corrected chi connectivity index (χ1v) is 18.6. The number of nitrogens with zero attached hydrogens (tertiary/aromatic N) is 1. The minimum atomic E-state index is -1.66. The lowest BCUT2D eigenvalue weighted by atomic mass is 9.41. The highest BCUT2D eigenvalue weighted by molar-refractivity contribution is 6.42. The number of rotatable bonds is 12. The number of fused-ring (bicyclic) bond motifs is 5. The summed E-state index contributed by atoms with van der Waals surface area (Å²) in [5, 5.41) is 79.6. The van der Waals surface area contributed by atoms with Gasteiger partial charge in [0.1, 0.15) is 6.10 Å². The first-order chi connectivity index (χ1) is 22.1. The van der Waals surface area contributed by atoms with E-state index < -0.39 is 70.3 Å². The van der Waals surface area contributed by atoms with Crippen LogP contribution in [0.25, 0.3) is 0 Å². The molecular formula is C37H63NO9. The third-order valence-corrected chi connectivity index (χ3v) is 14.1. The van der Waals surface area contributed by atoms with Crippen molar-refractivity contribution in [2.24, 2.45) is 51.3 Å². The summed E-state index contributed by atoms with van der Waals surface area (Å²) in [5.74, 6) is -2.10. The van der Waals surface area contributed by atoms with Crippen LogP contribution in [0.4, 0.5) is 0 Å². The lowest BCUT2D eigenvalue weighted by Crippen LogP contribution is -2.70. The molecular weight excluding hydrogens is 602 g/mol. The van der Waals surface area contributed by atoms with E-state index in [0.29, 0.717) is 31.8 Å². The van der Waals surface area contributed by atoms with Crippen molar-refractivity contribution >= 4 is 11.5 Å². The van der Waals surface area contributed by atoms with E-state index in [-0.39, 0.29) is 62.2 Å². The number of unbranched alkanes of at least 4 members (excludes halogenated alkanes) is 3. The van der Waals surface area contributed by atoms with Crippen LogP contribution in [-0.2, 0) is 9.53 Å². The first kappa shape index (κ1) is 37.3. The van der Waals surface area contributed by atoms with Crippen molar-refractivity contribution in [3.05, 3.63) is 0 Å². The van der Waals surface area contributed by atoms with E-state index in [0.717, 1.165) is 12.8 Å². The normalized spacial score (nSPS) is 46.9. The average molecular weight is 666 g/mol. The number of aliphatic imine (C=N–C) groups is 1. The number of aliphatic hydroxyl groups is 7. The summed E-state index contributed by atoms with van der Waals surface area (Å²) in [6, 6.07) is 0. The van der Waals surface area contributed by atoms with Gasteiger partial charge in [-0.25, -0.2) is 0 Å². The van der Waals surface area contributed by atoms with E-state index in [2.05, 4.69) is 18.8 Å². The zero-order valence-electron chi connectivity index (χ0n) is 29.4. The van der Waals surface area contributed by atoms with Crippen LogP contribution in [-0.4, -0.2) is 109 Å². The zero-order valence-corrected chi connectivity index (χ0v) is 29.4. The number of ether oxygens (including phenoxy) is 1. The Kier molecular flexibility index (Phi) is 11.1. The second-order valence-corrected chi connectivity index (χ2v) is 16.8. The molecule has 0 radical (unpaired) electrons. The fraction of sp³-hybridized carbons (Fsp3) is 0.946. The molecule has 1 heterocycles. The SMILES string of the molecule is CCCCCC[C@@H]1CO[C@@H]([C@@H](O)[C@](C)(O)[C@H]2CC[C@@]3(O)[C@@H]4C(=NC[C@H](C)O)C(=O)[C@@H]5C[C@@H](O)[C@@H](O)C[C@]5(C)[C@H]4CC[C@]23CCO)[C@H]1C. The van der Waals surface area contributed by atoms with Crippen LogP contribution >= 0.6 is 0 Å². The van der Waals surface area contributed by atoms with Crippen LogP contribution in [0, 0.1) is 46.3 Å². The van der Waals surface area contributed by atoms with Crippen molar-refractivity contribution in [2.45, 2.75) is 153 Å². The van der Waals surface area contributed by atoms with E-state index in [1.165, 1.54) is 19.3 Å². The van der Waals surface area contributed by atoms with Crippen LogP contribution in [0.2, 0.25) is 0 Å². The third-order valence-electron chi connectivity index (χ3n) is 14.1. The number of Topliss-reactive ketones (excluding diaryl/α,β-unsaturated/α-hetero) is 1. The topological polar surface area (TPSA) is 180 Å². The Hall–Kier alpha value is -0.980. The molecule has 0 aromatic rings. The van der Waals surface area contributed by atoms with E-state index in [9.17, 15) is 40.5 Å². The smallest absolute Gasteiger partial charge is 0.180 e. The molecule has 1 saturated heterocycles. The Labute approximate surface area is 281 Å². The summed E-state index contributed by atoms with van der Waals surface area (Å²) in [6.07, 6.45) is 3.19. The quantitative estimate of drug-likeness (QED) is 0.154. The van der Waals surface area contributed by atoms with Gasteiger partial charge in [0.2, 0.25) is 0 Å². The maximum atomic E-state index is 14.3. The fourth-order valence-electron chi connectivity index (χ4n) is 11.5. The lowest BCUT2D eigenvalue weighted by Gasteiger charge is -2.64. The highest BCUT2D eigenvalue weighted by Gasteiger charge is 2.74. The molecule has 0 aromatic carbocycles. The molecule has 15 atom stereocenters. The molecule has 0 unspecified atom stereocenters. The van der Waals surface area contributed by atoms with E-state index in [4.69, 9.17) is 4.74 Å². The van der Waals surface area contributed by atoms with Gasteiger partial charge in [-0.3, -0.25) is 9.79 Å². The van der Waals surface area contributed by atoms with Gasteiger partial charge >= 0.3 is 0 Å². The van der Waals surface area contributed by atoms with Gasteiger partial charge in [-0.15, -0.1) is 0 Å². The first-order valence-electron chi connectivity index (χ1n) is 18.6. The molecule has 5 fully saturated rings. The van der Waals surface area contributed by atoms with Crippen LogP contribution in [0.1, 0.15) is 112 Å². The second kappa shape index (κ2) is 14.0. The molecule has 0 aromatic heterocycles. The van der Waals surface area contributed by atoms with Crippen molar-refractivity contribution in [3.8, 4) is 0 Å². The van der Waals surface area contributed by atoms with E-state index in [1.54, 1.807) is 13.8 Å². The Bertz CT molecular complexity index is 1140. The fourth-order valence-corrected chi connectivity index (χ4v) is 11.5. The largest absolute Gasteiger partial charge is 0.396 e. The lowest BCUT2D eigenvalue weighted by molar-refractivity contribution is -0.230. The maximum absolute atomic E-state index is 14.3. The van der Waals surface area contributed by atoms with Gasteiger partial charge in [0.15, 0.2) is 5.78 Å². The van der Waals surface area contributed by atoms with Crippen LogP contribution in [0.3, 0.4) is 0 Å².